The summed E-state index contributed by atoms with van der Waals surface area (Å²) in [7, 11) is 3.78. The Kier molecular flexibility index (Phi) is 4.17. The van der Waals surface area contributed by atoms with Crippen LogP contribution in [0.5, 0.6) is 0 Å². The number of hydrogen-bond acceptors (Lipinski definition) is 4. The third-order valence-corrected chi connectivity index (χ3v) is 5.37. The van der Waals surface area contributed by atoms with E-state index in [2.05, 4.69) is 30.7 Å². The lowest BCUT2D eigenvalue weighted by atomic mass is 9.98. The molecule has 1 aromatic carbocycles. The summed E-state index contributed by atoms with van der Waals surface area (Å²) in [6, 6.07) is 7.99. The summed E-state index contributed by atoms with van der Waals surface area (Å²) in [6.45, 7) is 6.77. The van der Waals surface area contributed by atoms with Crippen LogP contribution in [0, 0.1) is 0 Å². The minimum Gasteiger partial charge on any atom is -0.333 e. The molecule has 126 valence electrons. The van der Waals surface area contributed by atoms with Gasteiger partial charge in [-0.1, -0.05) is 32.9 Å². The van der Waals surface area contributed by atoms with E-state index in [1.807, 2.05) is 35.9 Å². The molecule has 6 heteroatoms. The summed E-state index contributed by atoms with van der Waals surface area (Å²) in [5, 5.41) is 0.974. The first-order valence-corrected chi connectivity index (χ1v) is 8.71. The lowest BCUT2D eigenvalue weighted by molar-refractivity contribution is 0.0785. The summed E-state index contributed by atoms with van der Waals surface area (Å²) in [4.78, 5) is 24.1. The predicted molar refractivity (Wildman–Crippen MR) is 97.3 cm³/mol. The van der Waals surface area contributed by atoms with Crippen LogP contribution in [0.15, 0.2) is 30.5 Å². The number of hydrogen-bond donors (Lipinski definition) is 0. The van der Waals surface area contributed by atoms with Gasteiger partial charge in [-0.25, -0.2) is 9.97 Å². The van der Waals surface area contributed by atoms with Crippen LogP contribution in [0.1, 0.15) is 41.3 Å². The number of imidazole rings is 1. The van der Waals surface area contributed by atoms with Crippen LogP contribution < -0.4 is 0 Å². The number of aryl methyl sites for hydroxylation is 1. The number of aromatic nitrogens is 3. The highest BCUT2D eigenvalue weighted by molar-refractivity contribution is 7.13. The Balaban J connectivity index is 1.81. The van der Waals surface area contributed by atoms with Gasteiger partial charge < -0.3 is 9.47 Å². The number of carbonyl (C=O) groups excluding carboxylic acids is 1. The maximum Gasteiger partial charge on any atom is 0.265 e. The summed E-state index contributed by atoms with van der Waals surface area (Å²) < 4.78 is 2.03. The first-order valence-electron chi connectivity index (χ1n) is 7.89. The van der Waals surface area contributed by atoms with Crippen molar-refractivity contribution in [3.05, 3.63) is 46.2 Å². The minimum atomic E-state index is -0.0425. The van der Waals surface area contributed by atoms with E-state index in [-0.39, 0.29) is 11.3 Å². The summed E-state index contributed by atoms with van der Waals surface area (Å²) >= 11 is 1.47. The fourth-order valence-electron chi connectivity index (χ4n) is 2.53. The number of benzene rings is 1. The van der Waals surface area contributed by atoms with Crippen LogP contribution in [0.3, 0.4) is 0 Å². The van der Waals surface area contributed by atoms with Gasteiger partial charge in [0.2, 0.25) is 0 Å². The monoisotopic (exact) mass is 342 g/mol. The number of amides is 1. The molecule has 1 amide bonds. The van der Waals surface area contributed by atoms with Gasteiger partial charge in [-0.15, -0.1) is 11.3 Å². The third-order valence-electron chi connectivity index (χ3n) is 3.96. The molecule has 3 rings (SSSR count). The zero-order valence-corrected chi connectivity index (χ0v) is 15.5. The van der Waals surface area contributed by atoms with Gasteiger partial charge in [0, 0.05) is 19.5 Å². The molecule has 2 heterocycles. The number of para-hydroxylation sites is 2. The molecule has 0 aliphatic rings. The number of carbonyl (C=O) groups is 1. The van der Waals surface area contributed by atoms with Gasteiger partial charge in [-0.05, 0) is 12.1 Å². The van der Waals surface area contributed by atoms with E-state index < -0.39 is 0 Å². The van der Waals surface area contributed by atoms with E-state index in [4.69, 9.17) is 0 Å². The summed E-state index contributed by atoms with van der Waals surface area (Å²) in [5.41, 5.74) is 1.98. The molecule has 3 aromatic rings. The Hall–Kier alpha value is -2.21. The van der Waals surface area contributed by atoms with Crippen molar-refractivity contribution < 1.29 is 4.79 Å². The van der Waals surface area contributed by atoms with Crippen molar-refractivity contribution in [3.63, 3.8) is 0 Å². The molecule has 0 fully saturated rings. The molecule has 0 atom stereocenters. The molecule has 0 saturated carbocycles. The SMILES string of the molecule is CN(Cc1nc2ccccc2n1C)C(=O)c1cnc(C(C)(C)C)s1. The van der Waals surface area contributed by atoms with Crippen molar-refractivity contribution >= 4 is 28.3 Å². The summed E-state index contributed by atoms with van der Waals surface area (Å²) in [6.07, 6.45) is 1.68. The second-order valence-electron chi connectivity index (χ2n) is 7.02. The molecule has 0 N–H and O–H groups in total. The zero-order chi connectivity index (χ0) is 17.5. The van der Waals surface area contributed by atoms with Gasteiger partial charge >= 0.3 is 0 Å². The first-order chi connectivity index (χ1) is 11.3. The lowest BCUT2D eigenvalue weighted by Gasteiger charge is -2.16. The second-order valence-corrected chi connectivity index (χ2v) is 8.05. The molecular weight excluding hydrogens is 320 g/mol. The fraction of sp³-hybridized carbons (Fsp3) is 0.389. The van der Waals surface area contributed by atoms with Crippen LogP contribution in [0.25, 0.3) is 11.0 Å². The molecule has 0 spiro atoms. The van der Waals surface area contributed by atoms with E-state index in [9.17, 15) is 4.79 Å². The van der Waals surface area contributed by atoms with Gasteiger partial charge in [0.25, 0.3) is 5.91 Å². The average molecular weight is 342 g/mol. The van der Waals surface area contributed by atoms with Gasteiger partial charge in [0.05, 0.1) is 28.8 Å². The van der Waals surface area contributed by atoms with Crippen molar-refractivity contribution in [2.75, 3.05) is 7.05 Å². The van der Waals surface area contributed by atoms with Crippen molar-refractivity contribution in [3.8, 4) is 0 Å². The van der Waals surface area contributed by atoms with Gasteiger partial charge in [0.15, 0.2) is 0 Å². The van der Waals surface area contributed by atoms with Crippen LogP contribution in [0.2, 0.25) is 0 Å². The normalized spacial score (nSPS) is 11.9. The molecule has 0 aliphatic heterocycles. The highest BCUT2D eigenvalue weighted by Crippen LogP contribution is 2.27. The van der Waals surface area contributed by atoms with Crippen molar-refractivity contribution in [1.29, 1.82) is 0 Å². The number of nitrogens with zero attached hydrogens (tertiary/aromatic N) is 4. The Bertz CT molecular complexity index is 888. The van der Waals surface area contributed by atoms with Crippen LogP contribution in [0.4, 0.5) is 0 Å². The molecule has 24 heavy (non-hydrogen) atoms. The highest BCUT2D eigenvalue weighted by atomic mass is 32.1. The Morgan fingerprint density at radius 2 is 2.00 bits per heavy atom. The first kappa shape index (κ1) is 16.6. The molecule has 0 unspecified atom stereocenters. The third kappa shape index (κ3) is 3.06. The smallest absolute Gasteiger partial charge is 0.265 e. The van der Waals surface area contributed by atoms with Crippen molar-refractivity contribution in [2.24, 2.45) is 7.05 Å². The molecular formula is C18H22N4OS. The molecule has 0 saturated heterocycles. The number of fused-ring (bicyclic) bond motifs is 1. The van der Waals surface area contributed by atoms with E-state index in [0.29, 0.717) is 11.4 Å². The molecule has 5 nitrogen and oxygen atoms in total. The Labute approximate surface area is 146 Å². The summed E-state index contributed by atoms with van der Waals surface area (Å²) in [5.74, 6) is 0.850. The maximum atomic E-state index is 12.7. The number of thiazole rings is 1. The standard InChI is InChI=1S/C18H22N4OS/c1-18(2,3)17-19-10-14(24-17)16(23)21(4)11-15-20-12-8-6-7-9-13(12)22(15)5/h6-10H,11H2,1-5H3. The van der Waals surface area contributed by atoms with E-state index in [1.54, 1.807) is 18.1 Å². The fourth-order valence-corrected chi connectivity index (χ4v) is 3.50. The molecule has 2 aromatic heterocycles. The highest BCUT2D eigenvalue weighted by Gasteiger charge is 2.22. The van der Waals surface area contributed by atoms with E-state index >= 15 is 0 Å². The minimum absolute atomic E-state index is 0.0185. The van der Waals surface area contributed by atoms with Crippen molar-refractivity contribution in [1.82, 2.24) is 19.4 Å². The van der Waals surface area contributed by atoms with E-state index in [1.165, 1.54) is 11.3 Å². The van der Waals surface area contributed by atoms with Crippen LogP contribution in [-0.2, 0) is 19.0 Å². The molecule has 0 aliphatic carbocycles. The van der Waals surface area contributed by atoms with Crippen LogP contribution in [-0.4, -0.2) is 32.4 Å². The Morgan fingerprint density at radius 3 is 2.62 bits per heavy atom. The Morgan fingerprint density at radius 1 is 1.29 bits per heavy atom. The van der Waals surface area contributed by atoms with E-state index in [0.717, 1.165) is 21.9 Å². The molecule has 0 radical (unpaired) electrons. The molecule has 0 bridgehead atoms. The lowest BCUT2D eigenvalue weighted by Crippen LogP contribution is -2.26. The number of rotatable bonds is 3. The largest absolute Gasteiger partial charge is 0.333 e. The predicted octanol–water partition coefficient (Wildman–Crippen LogP) is 3.60. The topological polar surface area (TPSA) is 51.0 Å². The average Bonchev–Trinajstić information content (AvgIpc) is 3.13. The van der Waals surface area contributed by atoms with Crippen molar-refractivity contribution in [2.45, 2.75) is 32.7 Å². The van der Waals surface area contributed by atoms with Gasteiger partial charge in [-0.3, -0.25) is 4.79 Å². The van der Waals surface area contributed by atoms with Crippen LogP contribution >= 0.6 is 11.3 Å². The van der Waals surface area contributed by atoms with Gasteiger partial charge in [-0.2, -0.15) is 0 Å². The zero-order valence-electron chi connectivity index (χ0n) is 14.7. The van der Waals surface area contributed by atoms with Gasteiger partial charge in [0.1, 0.15) is 10.7 Å². The maximum absolute atomic E-state index is 12.7. The second kappa shape index (κ2) is 6.02. The quantitative estimate of drug-likeness (QED) is 0.731.